The van der Waals surface area contributed by atoms with Gasteiger partial charge in [0, 0.05) is 0 Å². The van der Waals surface area contributed by atoms with Crippen LogP contribution < -0.4 is 0 Å². The maximum atomic E-state index is 11.7. The van der Waals surface area contributed by atoms with Gasteiger partial charge in [0.2, 0.25) is 0 Å². The summed E-state index contributed by atoms with van der Waals surface area (Å²) in [5, 5.41) is 9.63. The van der Waals surface area contributed by atoms with Crippen LogP contribution in [0, 0.1) is 0 Å². The molecule has 0 saturated carbocycles. The maximum absolute atomic E-state index is 11.7. The molecule has 1 aromatic rings. The van der Waals surface area contributed by atoms with Crippen LogP contribution in [0.1, 0.15) is 25.0 Å². The molecule has 4 nitrogen and oxygen atoms in total. The summed E-state index contributed by atoms with van der Waals surface area (Å²) >= 11 is -2.61. The molecule has 1 amide bonds. The molecule has 0 aromatic carbocycles. The molecule has 1 unspecified atom stereocenters. The van der Waals surface area contributed by atoms with Crippen molar-refractivity contribution in [1.82, 2.24) is 9.88 Å². The van der Waals surface area contributed by atoms with Crippen molar-refractivity contribution in [2.24, 2.45) is 0 Å². The molecule has 0 aliphatic carbocycles. The third-order valence-electron chi connectivity index (χ3n) is 4.19. The van der Waals surface area contributed by atoms with Crippen LogP contribution in [0.3, 0.4) is 0 Å². The minimum absolute atomic E-state index is 0.319. The Balaban J connectivity index is 2.60. The van der Waals surface area contributed by atoms with Gasteiger partial charge >= 0.3 is 119 Å². The molecule has 1 fully saturated rings. The fourth-order valence-corrected chi connectivity index (χ4v) is 11.4. The Morgan fingerprint density at radius 2 is 2.11 bits per heavy atom. The van der Waals surface area contributed by atoms with Gasteiger partial charge in [-0.05, 0) is 0 Å². The second-order valence-electron chi connectivity index (χ2n) is 6.22. The number of amides is 1. The summed E-state index contributed by atoms with van der Waals surface area (Å²) in [6, 6.07) is 5.86. The summed E-state index contributed by atoms with van der Waals surface area (Å²) < 4.78 is -0.319. The van der Waals surface area contributed by atoms with E-state index in [0.29, 0.717) is 6.54 Å². The molecule has 1 N–H and O–H groups in total. The van der Waals surface area contributed by atoms with Crippen molar-refractivity contribution in [3.63, 3.8) is 0 Å². The first-order valence-electron chi connectivity index (χ1n) is 6.82. The Kier molecular flexibility index (Phi) is 4.08. The summed E-state index contributed by atoms with van der Waals surface area (Å²) in [7, 11) is 0. The monoisotopic (exact) mass is 370 g/mol. The number of likely N-dealkylation sites (tertiary alicyclic amines) is 1. The van der Waals surface area contributed by atoms with Crippen LogP contribution in [0.4, 0.5) is 4.79 Å². The second-order valence-corrected chi connectivity index (χ2v) is 21.4. The van der Waals surface area contributed by atoms with Crippen molar-refractivity contribution in [3.05, 3.63) is 30.1 Å². The first-order chi connectivity index (χ1) is 8.89. The van der Waals surface area contributed by atoms with E-state index in [1.165, 1.54) is 0 Å². The summed E-state index contributed by atoms with van der Waals surface area (Å²) in [5.74, 6) is 0. The SMILES string of the molecule is [CH3][Sn]([CH3])([CH3])[C]1(c2ccccn2)CCCCN1C(=O)O. The number of aromatic nitrogens is 1. The van der Waals surface area contributed by atoms with E-state index in [4.69, 9.17) is 0 Å². The van der Waals surface area contributed by atoms with E-state index in [-0.39, 0.29) is 3.55 Å². The Hall–Kier alpha value is -0.781. The van der Waals surface area contributed by atoms with Gasteiger partial charge < -0.3 is 0 Å². The van der Waals surface area contributed by atoms with E-state index in [9.17, 15) is 9.90 Å². The van der Waals surface area contributed by atoms with Crippen LogP contribution in [0.15, 0.2) is 24.4 Å². The fourth-order valence-electron chi connectivity index (χ4n) is 3.27. The Bertz CT molecular complexity index is 458. The van der Waals surface area contributed by atoms with E-state index in [2.05, 4.69) is 19.8 Å². The molecule has 5 heteroatoms. The number of carboxylic acid groups (broad SMARTS) is 1. The third-order valence-corrected chi connectivity index (χ3v) is 13.5. The molecule has 1 aliphatic heterocycles. The summed E-state index contributed by atoms with van der Waals surface area (Å²) in [6.07, 6.45) is 3.97. The number of pyridine rings is 1. The number of nitrogens with zero attached hydrogens (tertiary/aromatic N) is 2. The van der Waals surface area contributed by atoms with E-state index in [1.807, 2.05) is 18.2 Å². The summed E-state index contributed by atoms with van der Waals surface area (Å²) in [4.78, 5) is 24.9. The molecule has 2 heterocycles. The van der Waals surface area contributed by atoms with Crippen molar-refractivity contribution >= 4 is 24.5 Å². The van der Waals surface area contributed by atoms with Gasteiger partial charge in [-0.2, -0.15) is 0 Å². The van der Waals surface area contributed by atoms with Crippen LogP contribution in [-0.2, 0) is 3.55 Å². The molecule has 1 saturated heterocycles. The molecule has 0 spiro atoms. The molecular weight excluding hydrogens is 347 g/mol. The van der Waals surface area contributed by atoms with Crippen LogP contribution in [0.25, 0.3) is 0 Å². The van der Waals surface area contributed by atoms with E-state index in [1.54, 1.807) is 11.1 Å². The zero-order valence-electron chi connectivity index (χ0n) is 11.9. The van der Waals surface area contributed by atoms with Crippen molar-refractivity contribution in [3.8, 4) is 0 Å². The van der Waals surface area contributed by atoms with Crippen molar-refractivity contribution in [2.75, 3.05) is 6.54 Å². The third kappa shape index (κ3) is 2.47. The van der Waals surface area contributed by atoms with Gasteiger partial charge in [-0.15, -0.1) is 0 Å². The Morgan fingerprint density at radius 1 is 1.37 bits per heavy atom. The topological polar surface area (TPSA) is 53.4 Å². The molecule has 0 bridgehead atoms. The van der Waals surface area contributed by atoms with Crippen LogP contribution in [0.5, 0.6) is 0 Å². The fraction of sp³-hybridized carbons (Fsp3) is 0.571. The zero-order valence-corrected chi connectivity index (χ0v) is 14.7. The average Bonchev–Trinajstić information content (AvgIpc) is 2.38. The standard InChI is InChI=1S/C11H13N2O2.3CH3.Sn/c14-11(15)13-8-4-2-6-10(13)9-5-1-3-7-12-9;;;;/h1,3,5,7H,2,4,6,8H2,(H,14,15);3*1H3;. The summed E-state index contributed by atoms with van der Waals surface area (Å²) in [5.41, 5.74) is 0.959. The molecule has 104 valence electrons. The van der Waals surface area contributed by atoms with Gasteiger partial charge in [0.15, 0.2) is 0 Å². The molecule has 1 aromatic heterocycles. The summed E-state index contributed by atoms with van der Waals surface area (Å²) in [6.45, 7) is 0.639. The van der Waals surface area contributed by atoms with Gasteiger partial charge in [-0.3, -0.25) is 0 Å². The van der Waals surface area contributed by atoms with E-state index < -0.39 is 24.5 Å². The molecular formula is C14H22N2O2Sn. The van der Waals surface area contributed by atoms with Gasteiger partial charge in [0.25, 0.3) is 0 Å². The van der Waals surface area contributed by atoms with Crippen molar-refractivity contribution in [2.45, 2.75) is 37.6 Å². The predicted octanol–water partition coefficient (Wildman–Crippen LogP) is 3.32. The number of carbonyl (C=O) groups is 1. The molecule has 1 aliphatic rings. The molecule has 0 radical (unpaired) electrons. The first-order valence-corrected chi connectivity index (χ1v) is 16.8. The number of hydrogen-bond donors (Lipinski definition) is 1. The minimum atomic E-state index is -2.61. The Morgan fingerprint density at radius 3 is 2.63 bits per heavy atom. The molecule has 19 heavy (non-hydrogen) atoms. The van der Waals surface area contributed by atoms with Crippen LogP contribution in [-0.4, -0.2) is 46.0 Å². The van der Waals surface area contributed by atoms with Crippen molar-refractivity contribution < 1.29 is 9.90 Å². The van der Waals surface area contributed by atoms with E-state index in [0.717, 1.165) is 25.0 Å². The predicted molar refractivity (Wildman–Crippen MR) is 77.8 cm³/mol. The van der Waals surface area contributed by atoms with Gasteiger partial charge in [0.1, 0.15) is 0 Å². The number of piperidine rings is 1. The normalized spacial score (nSPS) is 24.3. The Labute approximate surface area is 118 Å². The number of rotatable bonds is 2. The van der Waals surface area contributed by atoms with Crippen molar-refractivity contribution in [1.29, 1.82) is 0 Å². The first kappa shape index (κ1) is 14.6. The number of hydrogen-bond acceptors (Lipinski definition) is 2. The second kappa shape index (κ2) is 5.31. The van der Waals surface area contributed by atoms with Gasteiger partial charge in [-0.1, -0.05) is 0 Å². The zero-order chi connectivity index (χ0) is 14.1. The van der Waals surface area contributed by atoms with Crippen LogP contribution in [0.2, 0.25) is 14.8 Å². The molecule has 2 rings (SSSR count). The average molecular weight is 369 g/mol. The quantitative estimate of drug-likeness (QED) is 0.814. The van der Waals surface area contributed by atoms with Gasteiger partial charge in [0.05, 0.1) is 0 Å². The van der Waals surface area contributed by atoms with Gasteiger partial charge in [-0.25, -0.2) is 0 Å². The molecule has 1 atom stereocenters. The van der Waals surface area contributed by atoms with E-state index >= 15 is 0 Å². The van der Waals surface area contributed by atoms with Crippen LogP contribution >= 0.6 is 0 Å².